The summed E-state index contributed by atoms with van der Waals surface area (Å²) in [7, 11) is 0. The zero-order valence-electron chi connectivity index (χ0n) is 20.4. The molecular weight excluding hydrogens is 488 g/mol. The number of nitrogens with zero attached hydrogens (tertiary/aromatic N) is 5. The van der Waals surface area contributed by atoms with Crippen LogP contribution in [0.2, 0.25) is 5.02 Å². The molecule has 0 radical (unpaired) electrons. The lowest BCUT2D eigenvalue weighted by Crippen LogP contribution is -2.52. The summed E-state index contributed by atoms with van der Waals surface area (Å²) in [5, 5.41) is 9.90. The monoisotopic (exact) mass is 519 g/mol. The van der Waals surface area contributed by atoms with E-state index in [4.69, 9.17) is 11.6 Å². The van der Waals surface area contributed by atoms with Gasteiger partial charge in [-0.1, -0.05) is 24.6 Å². The topological polar surface area (TPSA) is 72.8 Å². The number of hydrogen-bond acceptors (Lipinski definition) is 6. The van der Waals surface area contributed by atoms with Gasteiger partial charge in [0.2, 0.25) is 5.91 Å². The van der Waals surface area contributed by atoms with Crippen LogP contribution in [0.3, 0.4) is 0 Å². The van der Waals surface area contributed by atoms with Crippen LogP contribution >= 0.6 is 11.6 Å². The Hall–Kier alpha value is -2.36. The first-order valence-corrected chi connectivity index (χ1v) is 13.1. The molecule has 194 valence electrons. The van der Waals surface area contributed by atoms with Gasteiger partial charge in [-0.05, 0) is 42.9 Å². The van der Waals surface area contributed by atoms with Crippen molar-refractivity contribution in [3.05, 3.63) is 52.2 Å². The number of carbonyl (C=O) groups excluding carboxylic acids is 1. The minimum absolute atomic E-state index is 0.0294. The van der Waals surface area contributed by atoms with Gasteiger partial charge in [-0.25, -0.2) is 18.7 Å². The molecule has 10 heteroatoms. The van der Waals surface area contributed by atoms with E-state index in [0.717, 1.165) is 11.4 Å². The molecule has 2 fully saturated rings. The van der Waals surface area contributed by atoms with Gasteiger partial charge in [-0.15, -0.1) is 0 Å². The Bertz CT molecular complexity index is 1110. The van der Waals surface area contributed by atoms with Crippen molar-refractivity contribution < 1.29 is 18.7 Å². The Morgan fingerprint density at radius 3 is 2.58 bits per heavy atom. The first-order valence-electron chi connectivity index (χ1n) is 12.7. The van der Waals surface area contributed by atoms with E-state index in [0.29, 0.717) is 76.3 Å². The average Bonchev–Trinajstić information content (AvgIpc) is 3.18. The molecule has 2 saturated heterocycles. The third kappa shape index (κ3) is 5.06. The maximum Gasteiger partial charge on any atom is 0.231 e. The fraction of sp³-hybridized carbons (Fsp3) is 0.577. The first-order chi connectivity index (χ1) is 17.3. The van der Waals surface area contributed by atoms with E-state index >= 15 is 0 Å². The molecule has 1 N–H and O–H groups in total. The number of halogens is 3. The summed E-state index contributed by atoms with van der Waals surface area (Å²) in [5.74, 6) is -0.299. The number of benzene rings is 1. The molecule has 0 spiro atoms. The molecule has 1 aromatic heterocycles. The van der Waals surface area contributed by atoms with Gasteiger partial charge in [0, 0.05) is 51.4 Å². The highest BCUT2D eigenvalue weighted by Gasteiger charge is 2.36. The summed E-state index contributed by atoms with van der Waals surface area (Å²) in [6, 6.07) is 4.58. The number of hydrogen-bond donors (Lipinski definition) is 1. The molecule has 2 aliphatic heterocycles. The number of piperidine rings is 1. The van der Waals surface area contributed by atoms with E-state index in [1.54, 1.807) is 6.07 Å². The molecule has 1 aliphatic carbocycles. The third-order valence-electron chi connectivity index (χ3n) is 7.78. The Morgan fingerprint density at radius 1 is 1.17 bits per heavy atom. The Balaban J connectivity index is 1.31. The Kier molecular flexibility index (Phi) is 7.42. The second kappa shape index (κ2) is 10.6. The largest absolute Gasteiger partial charge is 0.393 e. The van der Waals surface area contributed by atoms with Crippen LogP contribution < -0.4 is 4.90 Å². The van der Waals surface area contributed by atoms with Gasteiger partial charge >= 0.3 is 0 Å². The summed E-state index contributed by atoms with van der Waals surface area (Å²) in [5.41, 5.74) is 1.97. The highest BCUT2D eigenvalue weighted by atomic mass is 35.5. The van der Waals surface area contributed by atoms with Gasteiger partial charge in [0.1, 0.15) is 24.1 Å². The molecule has 36 heavy (non-hydrogen) atoms. The molecule has 1 amide bonds. The van der Waals surface area contributed by atoms with Gasteiger partial charge in [0.05, 0.1) is 22.7 Å². The molecular formula is C26H32ClF2N5O2. The van der Waals surface area contributed by atoms with Gasteiger partial charge in [-0.2, -0.15) is 0 Å². The fourth-order valence-electron chi connectivity index (χ4n) is 5.69. The van der Waals surface area contributed by atoms with Crippen molar-refractivity contribution in [1.82, 2.24) is 19.8 Å². The molecule has 0 unspecified atom stereocenters. The highest BCUT2D eigenvalue weighted by Crippen LogP contribution is 2.44. The van der Waals surface area contributed by atoms with E-state index in [2.05, 4.69) is 19.8 Å². The number of rotatable bonds is 5. The molecule has 0 bridgehead atoms. The van der Waals surface area contributed by atoms with Crippen molar-refractivity contribution >= 4 is 23.3 Å². The van der Waals surface area contributed by atoms with Crippen LogP contribution in [-0.4, -0.2) is 82.7 Å². The van der Waals surface area contributed by atoms with E-state index < -0.39 is 17.9 Å². The number of anilines is 1. The van der Waals surface area contributed by atoms with Crippen LogP contribution in [-0.2, 0) is 4.79 Å². The number of likely N-dealkylation sites (tertiary alicyclic amines) is 1. The summed E-state index contributed by atoms with van der Waals surface area (Å²) >= 11 is 5.91. The molecule has 7 nitrogen and oxygen atoms in total. The van der Waals surface area contributed by atoms with Crippen molar-refractivity contribution in [3.63, 3.8) is 0 Å². The fourth-order valence-corrected chi connectivity index (χ4v) is 5.81. The van der Waals surface area contributed by atoms with Gasteiger partial charge in [0.25, 0.3) is 0 Å². The van der Waals surface area contributed by atoms with Crippen molar-refractivity contribution in [3.8, 4) is 0 Å². The Labute approximate surface area is 215 Å². The number of amides is 1. The number of fused-ring (bicyclic) bond motifs is 1. The van der Waals surface area contributed by atoms with E-state index in [1.807, 2.05) is 11.8 Å². The van der Waals surface area contributed by atoms with Gasteiger partial charge < -0.3 is 19.8 Å². The third-order valence-corrected chi connectivity index (χ3v) is 8.08. The number of aliphatic hydroxyl groups excluding tert-OH is 1. The maximum absolute atomic E-state index is 14.4. The van der Waals surface area contributed by atoms with Crippen LogP contribution in [0.1, 0.15) is 61.0 Å². The van der Waals surface area contributed by atoms with Crippen LogP contribution in [0.4, 0.5) is 14.6 Å². The summed E-state index contributed by atoms with van der Waals surface area (Å²) in [6.07, 6.45) is 1.81. The van der Waals surface area contributed by atoms with Crippen LogP contribution in [0.15, 0.2) is 24.5 Å². The number of alkyl halides is 1. The van der Waals surface area contributed by atoms with Crippen LogP contribution in [0, 0.1) is 5.82 Å². The summed E-state index contributed by atoms with van der Waals surface area (Å²) < 4.78 is 28.7. The number of aromatic nitrogens is 2. The van der Waals surface area contributed by atoms with Crippen LogP contribution in [0.5, 0.6) is 0 Å². The SMILES string of the molecule is C[C@@H]1C[C@@H](F)c2ncnc(N3CCN(C(=O)[C@@H](CN4CCC(O)CC4)c4ccc(Cl)c(F)c4)CC3)c21. The summed E-state index contributed by atoms with van der Waals surface area (Å²) in [6.45, 7) is 6.00. The quantitative estimate of drug-likeness (QED) is 0.650. The first kappa shape index (κ1) is 25.3. The average molecular weight is 520 g/mol. The molecule has 2 aromatic rings. The van der Waals surface area contributed by atoms with Crippen molar-refractivity contribution in [1.29, 1.82) is 0 Å². The second-order valence-electron chi connectivity index (χ2n) is 10.2. The number of piperazine rings is 1. The zero-order chi connectivity index (χ0) is 25.4. The minimum atomic E-state index is -1.06. The van der Waals surface area contributed by atoms with Crippen molar-refractivity contribution in [2.45, 2.75) is 50.3 Å². The normalized spacial score (nSPS) is 24.1. The molecule has 3 aliphatic rings. The molecule has 3 atom stereocenters. The predicted octanol–water partition coefficient (Wildman–Crippen LogP) is 3.68. The number of carbonyl (C=O) groups is 1. The number of aliphatic hydroxyl groups is 1. The zero-order valence-corrected chi connectivity index (χ0v) is 21.2. The predicted molar refractivity (Wildman–Crippen MR) is 134 cm³/mol. The molecule has 1 aromatic carbocycles. The van der Waals surface area contributed by atoms with Crippen molar-refractivity contribution in [2.75, 3.05) is 50.7 Å². The minimum Gasteiger partial charge on any atom is -0.393 e. The smallest absolute Gasteiger partial charge is 0.231 e. The van der Waals surface area contributed by atoms with E-state index in [1.165, 1.54) is 18.5 Å². The Morgan fingerprint density at radius 2 is 1.89 bits per heavy atom. The molecule has 5 rings (SSSR count). The van der Waals surface area contributed by atoms with E-state index in [9.17, 15) is 18.7 Å². The second-order valence-corrected chi connectivity index (χ2v) is 10.6. The van der Waals surface area contributed by atoms with Gasteiger partial charge in [-0.3, -0.25) is 4.79 Å². The van der Waals surface area contributed by atoms with Gasteiger partial charge in [0.15, 0.2) is 0 Å². The summed E-state index contributed by atoms with van der Waals surface area (Å²) in [4.78, 5) is 28.5. The lowest BCUT2D eigenvalue weighted by Gasteiger charge is -2.39. The highest BCUT2D eigenvalue weighted by molar-refractivity contribution is 6.30. The lowest BCUT2D eigenvalue weighted by atomic mass is 9.95. The molecule has 3 heterocycles. The van der Waals surface area contributed by atoms with Crippen LogP contribution in [0.25, 0.3) is 0 Å². The lowest BCUT2D eigenvalue weighted by molar-refractivity contribution is -0.133. The maximum atomic E-state index is 14.4. The standard InChI is InChI=1S/C26H32ClF2N5O2/c1-16-12-22(29)24-23(16)25(31-15-30-24)33-8-10-34(11-9-33)26(36)19(14-32-6-4-18(35)5-7-32)17-2-3-20(27)21(28)13-17/h2-3,13,15-16,18-19,22,35H,4-12,14H2,1H3/t16-,19+,22-/m1/s1. The molecule has 0 saturated carbocycles. The van der Waals surface area contributed by atoms with Crippen molar-refractivity contribution in [2.24, 2.45) is 0 Å². The van der Waals surface area contributed by atoms with E-state index in [-0.39, 0.29) is 23.0 Å².